The molecule has 29 heavy (non-hydrogen) atoms. The first-order chi connectivity index (χ1) is 14.1. The lowest BCUT2D eigenvalue weighted by molar-refractivity contribution is 0.0680. The first-order valence-electron chi connectivity index (χ1n) is 9.92. The summed E-state index contributed by atoms with van der Waals surface area (Å²) in [6.07, 6.45) is 5.44. The van der Waals surface area contributed by atoms with Crippen molar-refractivity contribution in [3.63, 3.8) is 0 Å². The third-order valence-electron chi connectivity index (χ3n) is 5.08. The Morgan fingerprint density at radius 3 is 2.59 bits per heavy atom. The van der Waals surface area contributed by atoms with Gasteiger partial charge in [0.2, 0.25) is 0 Å². The van der Waals surface area contributed by atoms with Crippen molar-refractivity contribution < 1.29 is 9.59 Å². The number of rotatable bonds is 7. The summed E-state index contributed by atoms with van der Waals surface area (Å²) < 4.78 is 0. The quantitative estimate of drug-likeness (QED) is 0.669. The molecule has 0 spiro atoms. The highest BCUT2D eigenvalue weighted by molar-refractivity contribution is 7.99. The molecule has 0 aliphatic carbocycles. The maximum Gasteiger partial charge on any atom is 0.256 e. The second kappa shape index (κ2) is 10.7. The van der Waals surface area contributed by atoms with Crippen LogP contribution in [0.2, 0.25) is 0 Å². The normalized spacial score (nSPS) is 14.6. The smallest absolute Gasteiger partial charge is 0.256 e. The third-order valence-corrected chi connectivity index (χ3v) is 6.75. The van der Waals surface area contributed by atoms with Crippen molar-refractivity contribution in [2.75, 3.05) is 31.6 Å². The molecule has 1 aromatic heterocycles. The molecular weight excluding hydrogens is 402 g/mol. The van der Waals surface area contributed by atoms with Gasteiger partial charge < -0.3 is 10.2 Å². The maximum atomic E-state index is 12.8. The molecule has 7 heteroatoms. The third kappa shape index (κ3) is 5.54. The summed E-state index contributed by atoms with van der Waals surface area (Å²) in [6, 6.07) is 11.4. The Morgan fingerprint density at radius 1 is 1.14 bits per heavy atom. The van der Waals surface area contributed by atoms with Gasteiger partial charge in [0.05, 0.1) is 11.1 Å². The van der Waals surface area contributed by atoms with E-state index in [1.54, 1.807) is 18.0 Å². The number of nitrogens with zero attached hydrogens (tertiary/aromatic N) is 2. The number of carbonyl (C=O) groups excluding carboxylic acids is 2. The minimum absolute atomic E-state index is 0.0139. The van der Waals surface area contributed by atoms with Gasteiger partial charge >= 0.3 is 0 Å². The fourth-order valence-corrected chi connectivity index (χ4v) is 4.84. The summed E-state index contributed by atoms with van der Waals surface area (Å²) >= 11 is 3.18. The lowest BCUT2D eigenvalue weighted by Crippen LogP contribution is -2.41. The van der Waals surface area contributed by atoms with Crippen LogP contribution < -0.4 is 5.32 Å². The minimum atomic E-state index is -0.0139. The van der Waals surface area contributed by atoms with E-state index in [4.69, 9.17) is 0 Å². The number of hydrogen-bond acceptors (Lipinski definition) is 5. The van der Waals surface area contributed by atoms with Gasteiger partial charge in [0.15, 0.2) is 0 Å². The fraction of sp³-hybridized carbons (Fsp3) is 0.409. The van der Waals surface area contributed by atoms with E-state index in [0.29, 0.717) is 31.1 Å². The van der Waals surface area contributed by atoms with Crippen LogP contribution in [0.4, 0.5) is 0 Å². The van der Waals surface area contributed by atoms with Crippen molar-refractivity contribution >= 4 is 35.3 Å². The predicted molar refractivity (Wildman–Crippen MR) is 120 cm³/mol. The van der Waals surface area contributed by atoms with Gasteiger partial charge in [-0.15, -0.1) is 23.5 Å². The largest absolute Gasteiger partial charge is 0.352 e. The van der Waals surface area contributed by atoms with Crippen LogP contribution in [0.25, 0.3) is 0 Å². The van der Waals surface area contributed by atoms with Crippen LogP contribution in [-0.2, 0) is 0 Å². The fourth-order valence-electron chi connectivity index (χ4n) is 3.49. The number of benzene rings is 1. The second-order valence-electron chi connectivity index (χ2n) is 6.94. The monoisotopic (exact) mass is 429 g/mol. The molecule has 1 saturated heterocycles. The van der Waals surface area contributed by atoms with Gasteiger partial charge in [-0.2, -0.15) is 0 Å². The number of piperidine rings is 1. The van der Waals surface area contributed by atoms with Gasteiger partial charge in [0, 0.05) is 30.7 Å². The summed E-state index contributed by atoms with van der Waals surface area (Å²) in [6.45, 7) is 4.16. The number of hydrogen-bond donors (Lipinski definition) is 1. The molecule has 2 heterocycles. The number of thioether (sulfide) groups is 2. The molecule has 1 aliphatic rings. The van der Waals surface area contributed by atoms with Crippen LogP contribution in [0.5, 0.6) is 0 Å². The molecule has 5 nitrogen and oxygen atoms in total. The van der Waals surface area contributed by atoms with Gasteiger partial charge in [0.1, 0.15) is 5.03 Å². The number of aromatic nitrogens is 1. The number of likely N-dealkylation sites (tertiary alicyclic amines) is 1. The molecule has 1 N–H and O–H groups in total. The van der Waals surface area contributed by atoms with Crippen LogP contribution in [0.1, 0.15) is 40.5 Å². The lowest BCUT2D eigenvalue weighted by atomic mass is 9.96. The van der Waals surface area contributed by atoms with Gasteiger partial charge in [0.25, 0.3) is 11.8 Å². The average Bonchev–Trinajstić information content (AvgIpc) is 2.78. The van der Waals surface area contributed by atoms with Gasteiger partial charge in [-0.1, -0.05) is 19.1 Å². The van der Waals surface area contributed by atoms with E-state index in [-0.39, 0.29) is 11.8 Å². The molecule has 0 atom stereocenters. The zero-order chi connectivity index (χ0) is 20.6. The molecule has 2 aromatic rings. The molecule has 1 aliphatic heterocycles. The van der Waals surface area contributed by atoms with E-state index < -0.39 is 0 Å². The summed E-state index contributed by atoms with van der Waals surface area (Å²) in [7, 11) is 0. The van der Waals surface area contributed by atoms with Crippen LogP contribution in [0.15, 0.2) is 52.5 Å². The van der Waals surface area contributed by atoms with Crippen LogP contribution in [-0.4, -0.2) is 53.3 Å². The number of nitrogens with one attached hydrogen (secondary N) is 1. The molecule has 0 radical (unpaired) electrons. The van der Waals surface area contributed by atoms with E-state index >= 15 is 0 Å². The minimum Gasteiger partial charge on any atom is -0.352 e. The molecule has 154 valence electrons. The number of amides is 2. The van der Waals surface area contributed by atoms with Crippen molar-refractivity contribution in [3.05, 3.63) is 53.7 Å². The standard InChI is InChI=1S/C22H27N3O2S2/c1-3-29-19-9-5-4-7-17(19)20(26)24-15-16-10-13-25(14-11-16)22(27)18-8-6-12-23-21(18)28-2/h4-9,12,16H,3,10-11,13-15H2,1-2H3,(H,24,26). The van der Waals surface area contributed by atoms with E-state index in [1.807, 2.05) is 47.6 Å². The van der Waals surface area contributed by atoms with Crippen LogP contribution in [0, 0.1) is 5.92 Å². The predicted octanol–water partition coefficient (Wildman–Crippen LogP) is 4.20. The van der Waals surface area contributed by atoms with Crippen molar-refractivity contribution in [1.82, 2.24) is 15.2 Å². The van der Waals surface area contributed by atoms with Crippen molar-refractivity contribution in [2.45, 2.75) is 29.7 Å². The highest BCUT2D eigenvalue weighted by Crippen LogP contribution is 2.24. The Labute approximate surface area is 181 Å². The second-order valence-corrected chi connectivity index (χ2v) is 9.04. The van der Waals surface area contributed by atoms with Gasteiger partial charge in [-0.3, -0.25) is 9.59 Å². The zero-order valence-corrected chi connectivity index (χ0v) is 18.5. The first kappa shape index (κ1) is 21.7. The summed E-state index contributed by atoms with van der Waals surface area (Å²) in [4.78, 5) is 32.7. The molecule has 0 unspecified atom stereocenters. The summed E-state index contributed by atoms with van der Waals surface area (Å²) in [5.41, 5.74) is 1.42. The Bertz CT molecular complexity index is 851. The molecule has 1 aromatic carbocycles. The maximum absolute atomic E-state index is 12.8. The first-order valence-corrected chi connectivity index (χ1v) is 12.1. The number of carbonyl (C=O) groups is 2. The SMILES string of the molecule is CCSc1ccccc1C(=O)NCC1CCN(C(=O)c2cccnc2SC)CC1. The van der Waals surface area contributed by atoms with Crippen molar-refractivity contribution in [1.29, 1.82) is 0 Å². The number of pyridine rings is 1. The summed E-state index contributed by atoms with van der Waals surface area (Å²) in [5.74, 6) is 1.37. The molecule has 3 rings (SSSR count). The van der Waals surface area contributed by atoms with E-state index in [1.165, 1.54) is 11.8 Å². The van der Waals surface area contributed by atoms with Crippen molar-refractivity contribution in [2.24, 2.45) is 5.92 Å². The molecule has 0 saturated carbocycles. The van der Waals surface area contributed by atoms with Crippen molar-refractivity contribution in [3.8, 4) is 0 Å². The topological polar surface area (TPSA) is 62.3 Å². The Morgan fingerprint density at radius 2 is 1.86 bits per heavy atom. The van der Waals surface area contributed by atoms with Gasteiger partial charge in [-0.05, 0) is 55.0 Å². The molecular formula is C22H27N3O2S2. The Kier molecular flexibility index (Phi) is 8.00. The highest BCUT2D eigenvalue weighted by Gasteiger charge is 2.25. The molecule has 1 fully saturated rings. The van der Waals surface area contributed by atoms with Crippen LogP contribution in [0.3, 0.4) is 0 Å². The van der Waals surface area contributed by atoms with E-state index in [0.717, 1.165) is 34.1 Å². The Balaban J connectivity index is 1.51. The highest BCUT2D eigenvalue weighted by atomic mass is 32.2. The van der Waals surface area contributed by atoms with Crippen LogP contribution >= 0.6 is 23.5 Å². The van der Waals surface area contributed by atoms with E-state index in [2.05, 4.69) is 17.2 Å². The summed E-state index contributed by atoms with van der Waals surface area (Å²) in [5, 5.41) is 3.87. The van der Waals surface area contributed by atoms with E-state index in [9.17, 15) is 9.59 Å². The molecule has 2 amide bonds. The average molecular weight is 430 g/mol. The lowest BCUT2D eigenvalue weighted by Gasteiger charge is -2.32. The van der Waals surface area contributed by atoms with Gasteiger partial charge in [-0.25, -0.2) is 4.98 Å². The Hall–Kier alpha value is -1.99. The molecule has 0 bridgehead atoms. The zero-order valence-electron chi connectivity index (χ0n) is 16.9.